The zero-order valence-corrected chi connectivity index (χ0v) is 17.8. The molecule has 1 aromatic rings. The maximum absolute atomic E-state index is 10.4. The van der Waals surface area contributed by atoms with E-state index in [1.165, 1.54) is 10.5 Å². The Labute approximate surface area is 162 Å². The van der Waals surface area contributed by atoms with Gasteiger partial charge in [0.2, 0.25) is 0 Å². The molecule has 25 heavy (non-hydrogen) atoms. The Morgan fingerprint density at radius 2 is 1.96 bits per heavy atom. The zero-order valence-electron chi connectivity index (χ0n) is 16.2. The van der Waals surface area contributed by atoms with E-state index in [4.69, 9.17) is 11.5 Å². The maximum atomic E-state index is 10.4. The van der Waals surface area contributed by atoms with Gasteiger partial charge >= 0.3 is 0 Å². The second kappa shape index (κ2) is 17.9. The lowest BCUT2D eigenvalue weighted by Crippen LogP contribution is -2.12. The molecule has 0 heterocycles. The third kappa shape index (κ3) is 15.1. The summed E-state index contributed by atoms with van der Waals surface area (Å²) in [5, 5.41) is 11.8. The van der Waals surface area contributed by atoms with Crippen LogP contribution in [0.4, 0.5) is 0 Å². The summed E-state index contributed by atoms with van der Waals surface area (Å²) in [4.78, 5) is 11.6. The highest BCUT2D eigenvalue weighted by Gasteiger charge is 2.19. The first-order valence-corrected chi connectivity index (χ1v) is 10.7. The summed E-state index contributed by atoms with van der Waals surface area (Å²) in [7, 11) is 5.34. The van der Waals surface area contributed by atoms with Crippen LogP contribution >= 0.6 is 21.6 Å². The minimum Gasteiger partial charge on any atom is -0.396 e. The van der Waals surface area contributed by atoms with E-state index in [0.717, 1.165) is 12.7 Å². The van der Waals surface area contributed by atoms with E-state index < -0.39 is 0 Å². The lowest BCUT2D eigenvalue weighted by molar-refractivity contribution is -0.108. The second-order valence-electron chi connectivity index (χ2n) is 5.45. The first-order chi connectivity index (χ1) is 12.0. The number of carbonyl (C=O) groups is 1. The van der Waals surface area contributed by atoms with Crippen molar-refractivity contribution in [1.29, 1.82) is 0 Å². The van der Waals surface area contributed by atoms with Gasteiger partial charge in [0.1, 0.15) is 6.29 Å². The number of carbonyl (C=O) groups excluding carboxylic acids is 1. The van der Waals surface area contributed by atoms with Gasteiger partial charge in [-0.25, -0.2) is 0 Å². The molecule has 5 heteroatoms. The topological polar surface area (TPSA) is 49.3 Å². The summed E-state index contributed by atoms with van der Waals surface area (Å²) < 4.78 is 0.0813. The third-order valence-electron chi connectivity index (χ3n) is 2.85. The molecule has 0 aliphatic heterocycles. The van der Waals surface area contributed by atoms with Crippen LogP contribution in [0.1, 0.15) is 46.1 Å². The Hall–Kier alpha value is -0.930. The monoisotopic (exact) mass is 383 g/mol. The summed E-state index contributed by atoms with van der Waals surface area (Å²) in [6, 6.07) is 8.15. The Bertz CT molecular complexity index is 485. The van der Waals surface area contributed by atoms with Crippen LogP contribution in [0.3, 0.4) is 0 Å². The van der Waals surface area contributed by atoms with Crippen molar-refractivity contribution in [2.75, 3.05) is 20.2 Å². The molecule has 2 N–H and O–H groups in total. The van der Waals surface area contributed by atoms with Crippen LogP contribution in [0.25, 0.3) is 0 Å². The molecule has 1 aromatic carbocycles. The molecule has 1 rings (SSSR count). The van der Waals surface area contributed by atoms with Gasteiger partial charge in [-0.3, -0.25) is 0 Å². The normalized spacial score (nSPS) is 9.80. The Morgan fingerprint density at radius 1 is 1.32 bits per heavy atom. The van der Waals surface area contributed by atoms with E-state index >= 15 is 0 Å². The molecule has 0 spiro atoms. The summed E-state index contributed by atoms with van der Waals surface area (Å²) >= 11 is 0. The highest BCUT2D eigenvalue weighted by molar-refractivity contribution is 8.77. The average Bonchev–Trinajstić information content (AvgIpc) is 2.63. The quantitative estimate of drug-likeness (QED) is 0.371. The molecule has 3 nitrogen and oxygen atoms in total. The third-order valence-corrected chi connectivity index (χ3v) is 6.31. The van der Waals surface area contributed by atoms with Gasteiger partial charge < -0.3 is 15.2 Å². The van der Waals surface area contributed by atoms with Gasteiger partial charge in [0, 0.05) is 22.7 Å². The summed E-state index contributed by atoms with van der Waals surface area (Å²) in [6.45, 7) is 9.16. The molecule has 0 saturated heterocycles. The number of hydrogen-bond acceptors (Lipinski definition) is 5. The van der Waals surface area contributed by atoms with Crippen molar-refractivity contribution in [2.24, 2.45) is 0 Å². The highest BCUT2D eigenvalue weighted by atomic mass is 33.1. The second-order valence-corrected chi connectivity index (χ2v) is 8.33. The molecule has 0 fully saturated rings. The smallest absolute Gasteiger partial charge is 0.120 e. The number of benzene rings is 1. The van der Waals surface area contributed by atoms with Crippen molar-refractivity contribution in [2.45, 2.75) is 56.6 Å². The van der Waals surface area contributed by atoms with E-state index in [0.29, 0.717) is 19.4 Å². The van der Waals surface area contributed by atoms with Crippen molar-refractivity contribution in [3.8, 4) is 12.3 Å². The Kier molecular flexibility index (Phi) is 18.8. The fourth-order valence-electron chi connectivity index (χ4n) is 1.62. The van der Waals surface area contributed by atoms with Crippen molar-refractivity contribution in [1.82, 2.24) is 5.32 Å². The van der Waals surface area contributed by atoms with Gasteiger partial charge in [0.15, 0.2) is 0 Å². The fourth-order valence-corrected chi connectivity index (χ4v) is 4.23. The predicted octanol–water partition coefficient (Wildman–Crippen LogP) is 4.58. The minimum absolute atomic E-state index is 0.0813. The average molecular weight is 384 g/mol. The van der Waals surface area contributed by atoms with Crippen LogP contribution in [-0.4, -0.2) is 36.3 Å². The molecular weight excluding hydrogens is 350 g/mol. The lowest BCUT2D eigenvalue weighted by atomic mass is 10.1. The Morgan fingerprint density at radius 3 is 2.44 bits per heavy atom. The van der Waals surface area contributed by atoms with E-state index in [-0.39, 0.29) is 11.4 Å². The first kappa shape index (κ1) is 26.3. The molecule has 0 aliphatic rings. The molecule has 0 amide bonds. The zero-order chi connectivity index (χ0) is 19.6. The minimum atomic E-state index is 0.0813. The van der Waals surface area contributed by atoms with Crippen LogP contribution < -0.4 is 5.32 Å². The first-order valence-electron chi connectivity index (χ1n) is 8.57. The van der Waals surface area contributed by atoms with E-state index in [9.17, 15) is 4.79 Å². The molecule has 0 bridgehead atoms. The van der Waals surface area contributed by atoms with E-state index in [1.807, 2.05) is 33.0 Å². The van der Waals surface area contributed by atoms with Gasteiger partial charge in [0.05, 0.1) is 6.54 Å². The number of aliphatic hydroxyl groups is 1. The number of rotatable bonds is 9. The van der Waals surface area contributed by atoms with Crippen LogP contribution in [0, 0.1) is 12.3 Å². The molecule has 0 aliphatic carbocycles. The van der Waals surface area contributed by atoms with Gasteiger partial charge in [-0.1, -0.05) is 59.6 Å². The molecule has 142 valence electrons. The van der Waals surface area contributed by atoms with Gasteiger partial charge in [-0.15, -0.1) is 6.42 Å². The van der Waals surface area contributed by atoms with Gasteiger partial charge in [0.25, 0.3) is 0 Å². The number of hydrogen-bond donors (Lipinski definition) is 2. The number of aliphatic hydroxyl groups excluding tert-OH is 1. The van der Waals surface area contributed by atoms with Crippen LogP contribution in [-0.2, 0) is 11.2 Å². The summed E-state index contributed by atoms with van der Waals surface area (Å²) in [6.07, 6.45) is 7.99. The standard InChI is InChI=1S/C14H20O2S2.C4H7N.C2H6/c1-14(2,9-5-10-15)18-17-13-7-4-3-6-12(13)8-11-16;1-3-4-5-2;1-2/h3-4,6-7,10,16H,5,8-9,11H2,1-2H3;1,5H,4H2,2H3;1-2H3. The Balaban J connectivity index is 0. The van der Waals surface area contributed by atoms with Crippen molar-refractivity contribution < 1.29 is 9.90 Å². The molecular formula is C20H33NO2S2. The van der Waals surface area contributed by atoms with E-state index in [1.54, 1.807) is 21.6 Å². The molecule has 0 unspecified atom stereocenters. The van der Waals surface area contributed by atoms with Crippen molar-refractivity contribution in [3.05, 3.63) is 29.8 Å². The summed E-state index contributed by atoms with van der Waals surface area (Å²) in [5.74, 6) is 2.41. The van der Waals surface area contributed by atoms with Gasteiger partial charge in [-0.2, -0.15) is 0 Å². The summed E-state index contributed by atoms with van der Waals surface area (Å²) in [5.41, 5.74) is 1.18. The van der Waals surface area contributed by atoms with Gasteiger partial charge in [-0.05, 0) is 45.4 Å². The van der Waals surface area contributed by atoms with Crippen molar-refractivity contribution in [3.63, 3.8) is 0 Å². The molecule has 0 aromatic heterocycles. The fraction of sp³-hybridized carbons (Fsp3) is 0.550. The van der Waals surface area contributed by atoms with Crippen molar-refractivity contribution >= 4 is 27.9 Å². The highest BCUT2D eigenvalue weighted by Crippen LogP contribution is 2.43. The van der Waals surface area contributed by atoms with Crippen LogP contribution in [0.15, 0.2) is 29.2 Å². The number of terminal acetylenes is 1. The lowest BCUT2D eigenvalue weighted by Gasteiger charge is -2.22. The largest absolute Gasteiger partial charge is 0.396 e. The molecule has 0 atom stereocenters. The predicted molar refractivity (Wildman–Crippen MR) is 114 cm³/mol. The maximum Gasteiger partial charge on any atom is 0.120 e. The number of nitrogens with one attached hydrogen (secondary N) is 1. The SMILES string of the molecule is C#CCNC.CC.CC(C)(CCC=O)SSc1ccccc1CCO. The number of aldehydes is 1. The molecule has 0 saturated carbocycles. The van der Waals surface area contributed by atoms with Crippen LogP contribution in [0.5, 0.6) is 0 Å². The molecule has 0 radical (unpaired) electrons. The van der Waals surface area contributed by atoms with E-state index in [2.05, 4.69) is 37.2 Å². The van der Waals surface area contributed by atoms with Crippen LogP contribution in [0.2, 0.25) is 0 Å².